The van der Waals surface area contributed by atoms with Crippen molar-refractivity contribution >= 4 is 0 Å². The molecule has 1 rings (SSSR count). The lowest BCUT2D eigenvalue weighted by Gasteiger charge is -1.89. The minimum absolute atomic E-state index is 0.462. The highest BCUT2D eigenvalue weighted by atomic mass is 15.1. The lowest BCUT2D eigenvalue weighted by molar-refractivity contribution is 1.06. The van der Waals surface area contributed by atoms with Gasteiger partial charge in [-0.2, -0.15) is 17.7 Å². The van der Waals surface area contributed by atoms with Crippen molar-refractivity contribution in [3.63, 3.8) is 0 Å². The van der Waals surface area contributed by atoms with E-state index < -0.39 is 0 Å². The molecule has 9 heavy (non-hydrogen) atoms. The fourth-order valence-electron chi connectivity index (χ4n) is 0.633. The maximum absolute atomic E-state index is 7.92. The van der Waals surface area contributed by atoms with Gasteiger partial charge in [0.2, 0.25) is 0 Å². The quantitative estimate of drug-likeness (QED) is 0.248. The second-order valence-corrected chi connectivity index (χ2v) is 1.68. The molecule has 0 amide bonds. The van der Waals surface area contributed by atoms with Gasteiger partial charge in [0, 0.05) is 11.5 Å². The van der Waals surface area contributed by atoms with Crippen LogP contribution in [0.5, 0.6) is 0 Å². The molecule has 0 fully saturated rings. The van der Waals surface area contributed by atoms with Gasteiger partial charge in [0.15, 0.2) is 0 Å². The summed E-state index contributed by atoms with van der Waals surface area (Å²) in [7, 11) is 0. The van der Waals surface area contributed by atoms with E-state index in [2.05, 4.69) is 10.0 Å². The molecule has 0 bridgehead atoms. The Morgan fingerprint density at radius 3 is 3.22 bits per heavy atom. The maximum atomic E-state index is 7.92. The van der Waals surface area contributed by atoms with Gasteiger partial charge in [-0.3, -0.25) is 0 Å². The molecule has 3 heteroatoms. The SMILES string of the molecule is [N-]=[N+]=NCc1ccc[cH-]1. The highest BCUT2D eigenvalue weighted by molar-refractivity contribution is 5.15. The van der Waals surface area contributed by atoms with Crippen LogP contribution in [0.4, 0.5) is 0 Å². The van der Waals surface area contributed by atoms with Crippen molar-refractivity contribution in [1.82, 2.24) is 0 Å². The molecule has 0 atom stereocenters. The van der Waals surface area contributed by atoms with E-state index in [1.807, 2.05) is 24.3 Å². The fourth-order valence-corrected chi connectivity index (χ4v) is 0.633. The molecular formula is C6H6N3-. The molecular weight excluding hydrogens is 114 g/mol. The molecule has 0 unspecified atom stereocenters. The molecule has 46 valence electrons. The molecule has 0 spiro atoms. The van der Waals surface area contributed by atoms with E-state index in [4.69, 9.17) is 5.53 Å². The van der Waals surface area contributed by atoms with Crippen molar-refractivity contribution in [3.8, 4) is 0 Å². The van der Waals surface area contributed by atoms with E-state index in [0.29, 0.717) is 6.54 Å². The van der Waals surface area contributed by atoms with Crippen LogP contribution in [0.25, 0.3) is 10.4 Å². The number of hydrogen-bond acceptors (Lipinski definition) is 1. The first-order valence-electron chi connectivity index (χ1n) is 2.65. The highest BCUT2D eigenvalue weighted by Crippen LogP contribution is 2.00. The van der Waals surface area contributed by atoms with E-state index in [9.17, 15) is 0 Å². The van der Waals surface area contributed by atoms with Crippen molar-refractivity contribution in [2.75, 3.05) is 0 Å². The average Bonchev–Trinajstić information content (AvgIpc) is 2.34. The van der Waals surface area contributed by atoms with Crippen LogP contribution in [-0.2, 0) is 6.54 Å². The summed E-state index contributed by atoms with van der Waals surface area (Å²) in [5.74, 6) is 0. The lowest BCUT2D eigenvalue weighted by atomic mass is 10.3. The second kappa shape index (κ2) is 2.84. The van der Waals surface area contributed by atoms with Gasteiger partial charge in [-0.1, -0.05) is 5.11 Å². The Hall–Kier alpha value is -1.34. The zero-order valence-corrected chi connectivity index (χ0v) is 4.86. The Balaban J connectivity index is 2.57. The van der Waals surface area contributed by atoms with Crippen LogP contribution in [-0.4, -0.2) is 0 Å². The van der Waals surface area contributed by atoms with E-state index >= 15 is 0 Å². The molecule has 0 heterocycles. The van der Waals surface area contributed by atoms with Gasteiger partial charge < -0.3 is 0 Å². The normalized spacial score (nSPS) is 8.44. The molecule has 0 saturated carbocycles. The molecule has 0 aromatic heterocycles. The smallest absolute Gasteiger partial charge is 0.0278 e. The minimum atomic E-state index is 0.462. The predicted octanol–water partition coefficient (Wildman–Crippen LogP) is 2.22. The highest BCUT2D eigenvalue weighted by Gasteiger charge is 1.76. The largest absolute Gasteiger partial charge is 0.213 e. The van der Waals surface area contributed by atoms with E-state index in [1.54, 1.807) is 0 Å². The van der Waals surface area contributed by atoms with Gasteiger partial charge in [0.25, 0.3) is 0 Å². The third-order valence-electron chi connectivity index (χ3n) is 1.05. The van der Waals surface area contributed by atoms with Crippen LogP contribution in [0.15, 0.2) is 29.4 Å². The number of azide groups is 1. The first-order valence-corrected chi connectivity index (χ1v) is 2.65. The van der Waals surface area contributed by atoms with Gasteiger partial charge in [-0.15, -0.1) is 0 Å². The van der Waals surface area contributed by atoms with Crippen LogP contribution in [0.2, 0.25) is 0 Å². The Kier molecular flexibility index (Phi) is 1.83. The minimum Gasteiger partial charge on any atom is -0.213 e. The third kappa shape index (κ3) is 1.55. The van der Waals surface area contributed by atoms with Crippen LogP contribution < -0.4 is 0 Å². The van der Waals surface area contributed by atoms with Crippen LogP contribution in [0, 0.1) is 0 Å². The van der Waals surface area contributed by atoms with Crippen molar-refractivity contribution in [3.05, 3.63) is 40.3 Å². The van der Waals surface area contributed by atoms with Gasteiger partial charge in [-0.25, -0.2) is 12.1 Å². The van der Waals surface area contributed by atoms with Crippen LogP contribution in [0.1, 0.15) is 5.56 Å². The van der Waals surface area contributed by atoms with Crippen molar-refractivity contribution in [1.29, 1.82) is 0 Å². The van der Waals surface area contributed by atoms with Crippen LogP contribution in [0.3, 0.4) is 0 Å². The van der Waals surface area contributed by atoms with Gasteiger partial charge in [0.1, 0.15) is 0 Å². The Morgan fingerprint density at radius 2 is 2.67 bits per heavy atom. The van der Waals surface area contributed by atoms with Gasteiger partial charge in [0.05, 0.1) is 0 Å². The molecule has 0 saturated heterocycles. The van der Waals surface area contributed by atoms with Crippen molar-refractivity contribution < 1.29 is 0 Å². The van der Waals surface area contributed by atoms with E-state index in [1.165, 1.54) is 0 Å². The molecule has 3 nitrogen and oxygen atoms in total. The second-order valence-electron chi connectivity index (χ2n) is 1.68. The van der Waals surface area contributed by atoms with Crippen LogP contribution >= 0.6 is 0 Å². The first kappa shape index (κ1) is 5.79. The van der Waals surface area contributed by atoms with Crippen molar-refractivity contribution in [2.24, 2.45) is 5.11 Å². The predicted molar refractivity (Wildman–Crippen MR) is 34.9 cm³/mol. The maximum Gasteiger partial charge on any atom is 0.0278 e. The zero-order chi connectivity index (χ0) is 6.53. The summed E-state index contributed by atoms with van der Waals surface area (Å²) in [5, 5.41) is 3.39. The zero-order valence-electron chi connectivity index (χ0n) is 4.86. The Bertz CT molecular complexity index is 206. The average molecular weight is 120 g/mol. The standard InChI is InChI=1S/C6H6N3/c7-9-8-5-6-3-1-2-4-6/h1-4H,5H2/q-1. The lowest BCUT2D eigenvalue weighted by Crippen LogP contribution is -1.69. The topological polar surface area (TPSA) is 48.8 Å². The summed E-state index contributed by atoms with van der Waals surface area (Å²) in [5.41, 5.74) is 8.99. The van der Waals surface area contributed by atoms with Gasteiger partial charge >= 0.3 is 0 Å². The summed E-state index contributed by atoms with van der Waals surface area (Å²) in [6, 6.07) is 7.69. The Morgan fingerprint density at radius 1 is 1.78 bits per heavy atom. The number of rotatable bonds is 2. The number of nitrogens with zero attached hydrogens (tertiary/aromatic N) is 3. The molecule has 0 aliphatic heterocycles. The summed E-state index contributed by atoms with van der Waals surface area (Å²) in [6.07, 6.45) is 0. The third-order valence-corrected chi connectivity index (χ3v) is 1.05. The fraction of sp³-hybridized carbons (Fsp3) is 0.167. The number of hydrogen-bond donors (Lipinski definition) is 0. The molecule has 0 N–H and O–H groups in total. The molecule has 0 aliphatic carbocycles. The first-order chi connectivity index (χ1) is 4.43. The molecule has 1 aromatic rings. The Labute approximate surface area is 52.9 Å². The monoisotopic (exact) mass is 120 g/mol. The van der Waals surface area contributed by atoms with Crippen molar-refractivity contribution in [2.45, 2.75) is 6.54 Å². The summed E-state index contributed by atoms with van der Waals surface area (Å²) in [4.78, 5) is 2.64. The molecule has 0 aliphatic rings. The summed E-state index contributed by atoms with van der Waals surface area (Å²) < 4.78 is 0. The van der Waals surface area contributed by atoms with E-state index in [0.717, 1.165) is 5.56 Å². The summed E-state index contributed by atoms with van der Waals surface area (Å²) in [6.45, 7) is 0.462. The molecule has 1 aromatic carbocycles. The molecule has 0 radical (unpaired) electrons. The summed E-state index contributed by atoms with van der Waals surface area (Å²) >= 11 is 0. The van der Waals surface area contributed by atoms with Gasteiger partial charge in [-0.05, 0) is 5.53 Å². The van der Waals surface area contributed by atoms with E-state index in [-0.39, 0.29) is 0 Å².